The van der Waals surface area contributed by atoms with E-state index in [0.29, 0.717) is 6.54 Å². The Morgan fingerprint density at radius 1 is 1.53 bits per heavy atom. The first kappa shape index (κ1) is 12.3. The van der Waals surface area contributed by atoms with Crippen molar-refractivity contribution in [2.24, 2.45) is 5.73 Å². The van der Waals surface area contributed by atoms with Crippen LogP contribution in [0.25, 0.3) is 0 Å². The minimum Gasteiger partial charge on any atom is -0.390 e. The molecule has 17 heavy (non-hydrogen) atoms. The summed E-state index contributed by atoms with van der Waals surface area (Å²) in [7, 11) is 1.49. The topological polar surface area (TPSA) is 66.6 Å². The summed E-state index contributed by atoms with van der Waals surface area (Å²) in [6.07, 6.45) is 0.864. The largest absolute Gasteiger partial charge is 0.390 e. The van der Waals surface area contributed by atoms with Crippen molar-refractivity contribution in [3.05, 3.63) is 35.4 Å². The van der Waals surface area contributed by atoms with Gasteiger partial charge in [-0.1, -0.05) is 24.3 Å². The SMILES string of the molecule is NC[C@@H](O)[C@H]1Cc2ccccc2CN1[B]C=O. The molecule has 0 aliphatic carbocycles. The van der Waals surface area contributed by atoms with Crippen LogP contribution in [0.2, 0.25) is 0 Å². The minimum absolute atomic E-state index is 0.111. The maximum absolute atomic E-state index is 10.6. The van der Waals surface area contributed by atoms with Crippen molar-refractivity contribution in [3.63, 3.8) is 0 Å². The highest BCUT2D eigenvalue weighted by Crippen LogP contribution is 2.23. The number of nitrogens with zero attached hydrogens (tertiary/aromatic N) is 1. The summed E-state index contributed by atoms with van der Waals surface area (Å²) >= 11 is 0. The lowest BCUT2D eigenvalue weighted by molar-refractivity contribution is 0.0878. The lowest BCUT2D eigenvalue weighted by Crippen LogP contribution is -2.51. The van der Waals surface area contributed by atoms with Crippen LogP contribution in [0.1, 0.15) is 11.1 Å². The second kappa shape index (κ2) is 5.45. The van der Waals surface area contributed by atoms with Gasteiger partial charge >= 0.3 is 0 Å². The summed E-state index contributed by atoms with van der Waals surface area (Å²) < 4.78 is 0. The van der Waals surface area contributed by atoms with Gasteiger partial charge in [0.2, 0.25) is 0 Å². The Morgan fingerprint density at radius 2 is 2.24 bits per heavy atom. The average Bonchev–Trinajstić information content (AvgIpc) is 2.37. The summed E-state index contributed by atoms with van der Waals surface area (Å²) in [5.74, 6) is 0. The van der Waals surface area contributed by atoms with E-state index in [9.17, 15) is 9.90 Å². The van der Waals surface area contributed by atoms with Crippen LogP contribution in [-0.2, 0) is 17.8 Å². The number of aliphatic hydroxyl groups excluding tert-OH is 1. The van der Waals surface area contributed by atoms with Crippen molar-refractivity contribution in [2.45, 2.75) is 25.1 Å². The van der Waals surface area contributed by atoms with Crippen LogP contribution in [0.15, 0.2) is 24.3 Å². The number of carbonyl (C=O) groups excluding carboxylic acids is 1. The minimum atomic E-state index is -0.612. The molecule has 1 aliphatic rings. The lowest BCUT2D eigenvalue weighted by Gasteiger charge is -2.38. The molecule has 0 unspecified atom stereocenters. The molecule has 0 amide bonds. The van der Waals surface area contributed by atoms with E-state index in [1.165, 1.54) is 18.5 Å². The molecule has 5 heteroatoms. The maximum Gasteiger partial charge on any atom is 0.293 e. The van der Waals surface area contributed by atoms with E-state index in [4.69, 9.17) is 5.73 Å². The number of hydrogen-bond donors (Lipinski definition) is 2. The summed E-state index contributed by atoms with van der Waals surface area (Å²) in [6.45, 7) is 0.854. The van der Waals surface area contributed by atoms with Crippen molar-refractivity contribution in [1.29, 1.82) is 0 Å². The van der Waals surface area contributed by atoms with Crippen molar-refractivity contribution in [3.8, 4) is 0 Å². The summed E-state index contributed by atoms with van der Waals surface area (Å²) in [6, 6.07) is 7.97. The van der Waals surface area contributed by atoms with Crippen LogP contribution < -0.4 is 5.73 Å². The molecule has 1 aliphatic heterocycles. The van der Waals surface area contributed by atoms with Crippen LogP contribution in [0.4, 0.5) is 0 Å². The van der Waals surface area contributed by atoms with Gasteiger partial charge in [-0.05, 0) is 17.5 Å². The molecular weight excluding hydrogens is 215 g/mol. The molecule has 0 saturated heterocycles. The molecule has 0 saturated carbocycles. The van der Waals surface area contributed by atoms with E-state index < -0.39 is 6.10 Å². The van der Waals surface area contributed by atoms with Gasteiger partial charge in [-0.25, -0.2) is 0 Å². The van der Waals surface area contributed by atoms with E-state index >= 15 is 0 Å². The van der Waals surface area contributed by atoms with Crippen molar-refractivity contribution < 1.29 is 9.90 Å². The zero-order valence-corrected chi connectivity index (χ0v) is 9.62. The molecular formula is C12H16BN2O2. The Balaban J connectivity index is 2.24. The second-order valence-electron chi connectivity index (χ2n) is 4.30. The first-order valence-corrected chi connectivity index (χ1v) is 5.75. The highest BCUT2D eigenvalue weighted by molar-refractivity contribution is 6.64. The number of benzene rings is 1. The van der Waals surface area contributed by atoms with Gasteiger partial charge in [-0.3, -0.25) is 0 Å². The van der Waals surface area contributed by atoms with Gasteiger partial charge in [0.1, 0.15) is 0 Å². The van der Waals surface area contributed by atoms with Gasteiger partial charge in [0.15, 0.2) is 0 Å². The molecule has 1 aromatic carbocycles. The Bertz CT molecular complexity index is 400. The van der Waals surface area contributed by atoms with Crippen LogP contribution in [-0.4, -0.2) is 42.2 Å². The van der Waals surface area contributed by atoms with Gasteiger partial charge < -0.3 is 20.4 Å². The van der Waals surface area contributed by atoms with Crippen LogP contribution in [0.3, 0.4) is 0 Å². The molecule has 2 atom stereocenters. The Labute approximate surface area is 102 Å². The molecule has 1 radical (unpaired) electrons. The van der Waals surface area contributed by atoms with E-state index in [0.717, 1.165) is 12.6 Å². The average molecular weight is 231 g/mol. The van der Waals surface area contributed by atoms with Crippen molar-refractivity contribution in [1.82, 2.24) is 4.81 Å². The predicted octanol–water partition coefficient (Wildman–Crippen LogP) is -0.458. The summed E-state index contributed by atoms with van der Waals surface area (Å²) in [5, 5.41) is 9.90. The maximum atomic E-state index is 10.6. The number of carbonyl (C=O) groups is 1. The number of nitrogens with two attached hydrogens (primary N) is 1. The monoisotopic (exact) mass is 231 g/mol. The number of aliphatic hydroxyl groups is 1. The van der Waals surface area contributed by atoms with Gasteiger partial charge in [0.05, 0.1) is 12.3 Å². The predicted molar refractivity (Wildman–Crippen MR) is 67.0 cm³/mol. The molecule has 0 fully saturated rings. The molecule has 89 valence electrons. The van der Waals surface area contributed by atoms with Crippen molar-refractivity contribution >= 4 is 13.6 Å². The quantitative estimate of drug-likeness (QED) is 0.543. The Morgan fingerprint density at radius 3 is 2.88 bits per heavy atom. The van der Waals surface area contributed by atoms with Crippen LogP contribution >= 0.6 is 0 Å². The van der Waals surface area contributed by atoms with Gasteiger partial charge in [-0.15, -0.1) is 0 Å². The third-order valence-corrected chi connectivity index (χ3v) is 3.26. The molecule has 0 aromatic heterocycles. The zero-order chi connectivity index (χ0) is 12.3. The number of fused-ring (bicyclic) bond motifs is 1. The van der Waals surface area contributed by atoms with Gasteiger partial charge in [0, 0.05) is 19.1 Å². The molecule has 0 spiro atoms. The molecule has 1 heterocycles. The first-order chi connectivity index (χ1) is 8.26. The smallest absolute Gasteiger partial charge is 0.293 e. The third-order valence-electron chi connectivity index (χ3n) is 3.26. The molecule has 0 bridgehead atoms. The van der Waals surface area contributed by atoms with E-state index in [1.807, 2.05) is 23.0 Å². The van der Waals surface area contributed by atoms with E-state index in [-0.39, 0.29) is 12.6 Å². The first-order valence-electron chi connectivity index (χ1n) is 5.75. The molecule has 3 N–H and O–H groups in total. The van der Waals surface area contributed by atoms with Gasteiger partial charge in [0.25, 0.3) is 7.41 Å². The second-order valence-corrected chi connectivity index (χ2v) is 4.30. The highest BCUT2D eigenvalue weighted by Gasteiger charge is 2.30. The standard InChI is InChI=1S/C12H16BN2O2/c14-6-12(17)11-5-9-3-1-2-4-10(9)7-15(11)13-8-16/h1-4,8,11-12,17H,5-7,14H2/t11-,12-/m1/s1. The zero-order valence-electron chi connectivity index (χ0n) is 9.62. The fourth-order valence-electron chi connectivity index (χ4n) is 2.32. The summed E-state index contributed by atoms with van der Waals surface area (Å²) in [5.41, 5.74) is 7.93. The number of rotatable bonds is 4. The normalized spacial score (nSPS) is 21.6. The summed E-state index contributed by atoms with van der Waals surface area (Å²) in [4.78, 5) is 12.5. The van der Waals surface area contributed by atoms with E-state index in [2.05, 4.69) is 6.07 Å². The number of hydrogen-bond acceptors (Lipinski definition) is 4. The molecule has 1 aromatic rings. The fraction of sp³-hybridized carbons (Fsp3) is 0.417. The van der Waals surface area contributed by atoms with Crippen LogP contribution in [0, 0.1) is 0 Å². The molecule has 4 nitrogen and oxygen atoms in total. The third kappa shape index (κ3) is 2.57. The fourth-order valence-corrected chi connectivity index (χ4v) is 2.32. The Kier molecular flexibility index (Phi) is 3.94. The van der Waals surface area contributed by atoms with Crippen molar-refractivity contribution in [2.75, 3.05) is 6.54 Å². The Hall–Kier alpha value is -1.17. The van der Waals surface area contributed by atoms with E-state index in [1.54, 1.807) is 0 Å². The van der Waals surface area contributed by atoms with Gasteiger partial charge in [-0.2, -0.15) is 0 Å². The highest BCUT2D eigenvalue weighted by atomic mass is 16.3. The molecule has 2 rings (SSSR count). The lowest BCUT2D eigenvalue weighted by atomic mass is 9.82. The van der Waals surface area contributed by atoms with Crippen LogP contribution in [0.5, 0.6) is 0 Å².